The van der Waals surface area contributed by atoms with Gasteiger partial charge >= 0.3 is 0 Å². The van der Waals surface area contributed by atoms with Crippen molar-refractivity contribution in [3.63, 3.8) is 0 Å². The molecule has 0 aromatic heterocycles. The van der Waals surface area contributed by atoms with Gasteiger partial charge in [-0.2, -0.15) is 0 Å². The van der Waals surface area contributed by atoms with Gasteiger partial charge in [0.2, 0.25) is 0 Å². The summed E-state index contributed by atoms with van der Waals surface area (Å²) in [6.45, 7) is 3.14. The highest BCUT2D eigenvalue weighted by Crippen LogP contribution is 1.54. The van der Waals surface area contributed by atoms with Crippen molar-refractivity contribution in [2.45, 2.75) is 0 Å². The first kappa shape index (κ1) is 9.82. The number of nitrogens with two attached hydrogens (primary N) is 1. The molecular formula is C3H7BrN2O. The lowest BCUT2D eigenvalue weighted by Crippen LogP contribution is -2.27. The lowest BCUT2D eigenvalue weighted by atomic mass is 10.6. The minimum Gasteiger partial charge on any atom is -0.291 e. The Morgan fingerprint density at radius 1 is 1.86 bits per heavy atom. The summed E-state index contributed by atoms with van der Waals surface area (Å²) < 4.78 is 0. The van der Waals surface area contributed by atoms with Crippen LogP contribution in [-0.4, -0.2) is 5.91 Å². The van der Waals surface area contributed by atoms with Crippen molar-refractivity contribution in [1.29, 1.82) is 0 Å². The fourth-order valence-corrected chi connectivity index (χ4v) is 0.0589. The van der Waals surface area contributed by atoms with Crippen LogP contribution in [0.25, 0.3) is 0 Å². The maximum atomic E-state index is 9.83. The first-order chi connectivity index (χ1) is 2.81. The predicted molar refractivity (Wildman–Crippen MR) is 32.8 cm³/mol. The number of halogens is 1. The molecule has 0 aromatic carbocycles. The molecule has 0 fully saturated rings. The van der Waals surface area contributed by atoms with E-state index in [1.165, 1.54) is 0 Å². The quantitative estimate of drug-likeness (QED) is 0.244. The molecule has 42 valence electrons. The number of nitrogens with one attached hydrogen (secondary N) is 1. The van der Waals surface area contributed by atoms with E-state index in [2.05, 4.69) is 12.4 Å². The SMILES string of the molecule is Br.C=CC(=O)NN. The zero-order chi connectivity index (χ0) is 4.99. The van der Waals surface area contributed by atoms with Crippen LogP contribution in [0.1, 0.15) is 0 Å². The Balaban J connectivity index is 0. The van der Waals surface area contributed by atoms with Crippen molar-refractivity contribution in [2.75, 3.05) is 0 Å². The monoisotopic (exact) mass is 166 g/mol. The normalized spacial score (nSPS) is 5.86. The zero-order valence-electron chi connectivity index (χ0n) is 3.68. The van der Waals surface area contributed by atoms with E-state index in [0.29, 0.717) is 0 Å². The summed E-state index contributed by atoms with van der Waals surface area (Å²) in [5.74, 6) is 4.25. The Bertz CT molecular complexity index is 73.3. The van der Waals surface area contributed by atoms with Crippen LogP contribution in [0, 0.1) is 0 Å². The average Bonchev–Trinajstić information content (AvgIpc) is 1.65. The highest BCUT2D eigenvalue weighted by atomic mass is 79.9. The molecule has 1 amide bonds. The minimum absolute atomic E-state index is 0. The summed E-state index contributed by atoms with van der Waals surface area (Å²) in [7, 11) is 0. The van der Waals surface area contributed by atoms with Crippen LogP contribution in [0.15, 0.2) is 12.7 Å². The smallest absolute Gasteiger partial charge is 0.257 e. The molecule has 3 nitrogen and oxygen atoms in total. The van der Waals surface area contributed by atoms with Gasteiger partial charge in [-0.15, -0.1) is 17.0 Å². The lowest BCUT2D eigenvalue weighted by Gasteiger charge is -1.82. The van der Waals surface area contributed by atoms with Gasteiger partial charge < -0.3 is 0 Å². The van der Waals surface area contributed by atoms with Gasteiger partial charge in [0.25, 0.3) is 5.91 Å². The van der Waals surface area contributed by atoms with Gasteiger partial charge in [0, 0.05) is 0 Å². The molecule has 0 saturated heterocycles. The van der Waals surface area contributed by atoms with Crippen LogP contribution in [0.5, 0.6) is 0 Å². The van der Waals surface area contributed by atoms with E-state index in [0.717, 1.165) is 6.08 Å². The first-order valence-electron chi connectivity index (χ1n) is 1.44. The molecule has 0 rings (SSSR count). The fraction of sp³-hybridized carbons (Fsp3) is 0. The van der Waals surface area contributed by atoms with Gasteiger partial charge in [0.05, 0.1) is 0 Å². The molecule has 0 saturated carbocycles. The van der Waals surface area contributed by atoms with Crippen LogP contribution in [0.3, 0.4) is 0 Å². The third-order valence-electron chi connectivity index (χ3n) is 0.328. The topological polar surface area (TPSA) is 55.1 Å². The summed E-state index contributed by atoms with van der Waals surface area (Å²) in [5.41, 5.74) is 1.86. The molecular weight excluding hydrogens is 160 g/mol. The van der Waals surface area contributed by atoms with Crippen LogP contribution >= 0.6 is 17.0 Å². The van der Waals surface area contributed by atoms with Crippen molar-refractivity contribution in [3.05, 3.63) is 12.7 Å². The summed E-state index contributed by atoms with van der Waals surface area (Å²) in [6.07, 6.45) is 1.10. The van der Waals surface area contributed by atoms with Crippen molar-refractivity contribution in [1.82, 2.24) is 5.43 Å². The molecule has 0 atom stereocenters. The third-order valence-corrected chi connectivity index (χ3v) is 0.328. The summed E-state index contributed by atoms with van der Waals surface area (Å²) in [6, 6.07) is 0. The van der Waals surface area contributed by atoms with Gasteiger partial charge in [-0.25, -0.2) is 5.84 Å². The molecule has 3 N–H and O–H groups in total. The lowest BCUT2D eigenvalue weighted by molar-refractivity contribution is -0.116. The third kappa shape index (κ3) is 5.65. The second-order valence-electron chi connectivity index (χ2n) is 0.713. The molecule has 0 aromatic rings. The number of carbonyl (C=O) groups is 1. The standard InChI is InChI=1S/C3H6N2O.BrH/c1-2-3(6)5-4;/h2H,1,4H2,(H,5,6);1H. The number of carbonyl (C=O) groups excluding carboxylic acids is 1. The van der Waals surface area contributed by atoms with Crippen molar-refractivity contribution >= 4 is 22.9 Å². The van der Waals surface area contributed by atoms with Crippen LogP contribution in [0.2, 0.25) is 0 Å². The number of hydrogen-bond donors (Lipinski definition) is 2. The van der Waals surface area contributed by atoms with Gasteiger partial charge in [0.1, 0.15) is 0 Å². The Morgan fingerprint density at radius 2 is 2.29 bits per heavy atom. The maximum absolute atomic E-state index is 9.83. The van der Waals surface area contributed by atoms with Crippen molar-refractivity contribution in [2.24, 2.45) is 5.84 Å². The number of rotatable bonds is 1. The summed E-state index contributed by atoms with van der Waals surface area (Å²) in [5, 5.41) is 0. The zero-order valence-corrected chi connectivity index (χ0v) is 5.39. The second kappa shape index (κ2) is 5.65. The van der Waals surface area contributed by atoms with E-state index in [1.54, 1.807) is 0 Å². The van der Waals surface area contributed by atoms with E-state index in [1.807, 2.05) is 5.43 Å². The molecule has 0 unspecified atom stereocenters. The minimum atomic E-state index is -0.366. The number of hydrogen-bond acceptors (Lipinski definition) is 2. The first-order valence-corrected chi connectivity index (χ1v) is 1.44. The van der Waals surface area contributed by atoms with Crippen LogP contribution in [0.4, 0.5) is 0 Å². The number of amides is 1. The molecule has 0 aliphatic rings. The molecule has 0 spiro atoms. The Morgan fingerprint density at radius 3 is 2.29 bits per heavy atom. The summed E-state index contributed by atoms with van der Waals surface area (Å²) in [4.78, 5) is 9.83. The molecule has 0 radical (unpaired) electrons. The molecule has 7 heavy (non-hydrogen) atoms. The van der Waals surface area contributed by atoms with Crippen LogP contribution < -0.4 is 11.3 Å². The molecule has 0 aliphatic carbocycles. The highest BCUT2D eigenvalue weighted by Gasteiger charge is 1.79. The van der Waals surface area contributed by atoms with E-state index in [-0.39, 0.29) is 22.9 Å². The van der Waals surface area contributed by atoms with E-state index in [9.17, 15) is 4.79 Å². The van der Waals surface area contributed by atoms with Gasteiger partial charge in [-0.1, -0.05) is 6.58 Å². The summed E-state index contributed by atoms with van der Waals surface area (Å²) >= 11 is 0. The molecule has 4 heteroatoms. The Kier molecular flexibility index (Phi) is 7.92. The molecule has 0 bridgehead atoms. The molecule has 0 heterocycles. The van der Waals surface area contributed by atoms with E-state index < -0.39 is 0 Å². The van der Waals surface area contributed by atoms with E-state index in [4.69, 9.17) is 0 Å². The van der Waals surface area contributed by atoms with Crippen molar-refractivity contribution in [3.8, 4) is 0 Å². The molecule has 0 aliphatic heterocycles. The fourth-order valence-electron chi connectivity index (χ4n) is 0.0589. The predicted octanol–water partition coefficient (Wildman–Crippen LogP) is -0.260. The van der Waals surface area contributed by atoms with Crippen molar-refractivity contribution < 1.29 is 4.79 Å². The number of hydrazine groups is 1. The largest absolute Gasteiger partial charge is 0.291 e. The maximum Gasteiger partial charge on any atom is 0.257 e. The second-order valence-corrected chi connectivity index (χ2v) is 0.713. The Labute approximate surface area is 52.3 Å². The van der Waals surface area contributed by atoms with E-state index >= 15 is 0 Å². The van der Waals surface area contributed by atoms with Crippen LogP contribution in [-0.2, 0) is 4.79 Å². The average molecular weight is 167 g/mol. The van der Waals surface area contributed by atoms with Gasteiger partial charge in [0.15, 0.2) is 0 Å². The van der Waals surface area contributed by atoms with Gasteiger partial charge in [-0.3, -0.25) is 10.2 Å². The highest BCUT2D eigenvalue weighted by molar-refractivity contribution is 8.93. The van der Waals surface area contributed by atoms with Gasteiger partial charge in [-0.05, 0) is 6.08 Å². The Hall–Kier alpha value is -0.350.